The Balaban J connectivity index is 2.94. The molecule has 0 N–H and O–H groups in total. The van der Waals surface area contributed by atoms with E-state index in [4.69, 9.17) is 0 Å². The molecular formula is C12H16BrF. The molecule has 0 bridgehead atoms. The van der Waals surface area contributed by atoms with E-state index in [-0.39, 0.29) is 0 Å². The molecule has 14 heavy (non-hydrogen) atoms. The van der Waals surface area contributed by atoms with Crippen LogP contribution in [0.2, 0.25) is 0 Å². The first-order valence-electron chi connectivity index (χ1n) is 4.82. The van der Waals surface area contributed by atoms with Crippen LogP contribution in [0.25, 0.3) is 0 Å². The molecular weight excluding hydrogens is 243 g/mol. The highest BCUT2D eigenvalue weighted by Crippen LogP contribution is 2.28. The minimum Gasteiger partial charge on any atom is -0.238 e. The zero-order valence-corrected chi connectivity index (χ0v) is 10.4. The molecule has 0 fully saturated rings. The van der Waals surface area contributed by atoms with E-state index in [1.165, 1.54) is 5.56 Å². The molecule has 1 aromatic rings. The Labute approximate surface area is 93.7 Å². The lowest BCUT2D eigenvalue weighted by atomic mass is 9.96. The van der Waals surface area contributed by atoms with Crippen LogP contribution in [0.1, 0.15) is 37.8 Å². The molecule has 0 aliphatic heterocycles. The van der Waals surface area contributed by atoms with Crippen molar-refractivity contribution in [3.63, 3.8) is 0 Å². The molecule has 0 radical (unpaired) electrons. The Hall–Kier alpha value is -0.370. The first-order chi connectivity index (χ1) is 6.47. The van der Waals surface area contributed by atoms with Crippen molar-refractivity contribution in [3.05, 3.63) is 35.4 Å². The van der Waals surface area contributed by atoms with Gasteiger partial charge in [0.1, 0.15) is 5.67 Å². The van der Waals surface area contributed by atoms with E-state index in [1.807, 2.05) is 24.3 Å². The molecule has 0 spiro atoms. The third-order valence-corrected chi connectivity index (χ3v) is 3.48. The molecule has 0 unspecified atom stereocenters. The van der Waals surface area contributed by atoms with Gasteiger partial charge in [0.05, 0.1) is 0 Å². The molecule has 0 nitrogen and oxygen atoms in total. The van der Waals surface area contributed by atoms with Gasteiger partial charge in [-0.3, -0.25) is 0 Å². The zero-order chi connectivity index (χ0) is 10.8. The summed E-state index contributed by atoms with van der Waals surface area (Å²) >= 11 is 3.18. The van der Waals surface area contributed by atoms with Gasteiger partial charge in [0.25, 0.3) is 0 Å². The minimum atomic E-state index is -1.27. The van der Waals surface area contributed by atoms with E-state index in [1.54, 1.807) is 6.92 Å². The lowest BCUT2D eigenvalue weighted by molar-refractivity contribution is 0.230. The van der Waals surface area contributed by atoms with Gasteiger partial charge in [0.2, 0.25) is 0 Å². The highest BCUT2D eigenvalue weighted by atomic mass is 79.9. The summed E-state index contributed by atoms with van der Waals surface area (Å²) in [6.45, 7) is 5.86. The number of hydrogen-bond acceptors (Lipinski definition) is 0. The Morgan fingerprint density at radius 2 is 1.79 bits per heavy atom. The van der Waals surface area contributed by atoms with Crippen LogP contribution in [0.15, 0.2) is 24.3 Å². The normalized spacial score (nSPS) is 15.6. The molecule has 0 aliphatic carbocycles. The molecule has 0 aromatic heterocycles. The highest BCUT2D eigenvalue weighted by molar-refractivity contribution is 9.09. The molecule has 1 aromatic carbocycles. The molecule has 78 valence electrons. The molecule has 0 aliphatic rings. The maximum Gasteiger partial charge on any atom is 0.142 e. The maximum atomic E-state index is 13.8. The molecule has 0 heterocycles. The first kappa shape index (κ1) is 11.7. The maximum absolute atomic E-state index is 13.8. The van der Waals surface area contributed by atoms with Crippen LogP contribution < -0.4 is 0 Å². The number of hydrogen-bond donors (Lipinski definition) is 0. The average molecular weight is 259 g/mol. The van der Waals surface area contributed by atoms with Crippen molar-refractivity contribution in [1.82, 2.24) is 0 Å². The summed E-state index contributed by atoms with van der Waals surface area (Å²) in [5.41, 5.74) is 0.716. The van der Waals surface area contributed by atoms with Gasteiger partial charge in [-0.25, -0.2) is 4.39 Å². The molecule has 1 atom stereocenters. The molecule has 2 heteroatoms. The lowest BCUT2D eigenvalue weighted by Crippen LogP contribution is -2.16. The summed E-state index contributed by atoms with van der Waals surface area (Å²) in [4.78, 5) is 0. The van der Waals surface area contributed by atoms with Crippen molar-refractivity contribution in [2.24, 2.45) is 0 Å². The largest absolute Gasteiger partial charge is 0.238 e. The first-order valence-corrected chi connectivity index (χ1v) is 5.95. The molecule has 0 amide bonds. The van der Waals surface area contributed by atoms with Crippen molar-refractivity contribution in [2.75, 3.05) is 5.33 Å². The van der Waals surface area contributed by atoms with Gasteiger partial charge in [-0.15, -0.1) is 0 Å². The van der Waals surface area contributed by atoms with Gasteiger partial charge in [0, 0.05) is 5.33 Å². The summed E-state index contributed by atoms with van der Waals surface area (Å²) in [7, 11) is 0. The topological polar surface area (TPSA) is 0 Å². The Morgan fingerprint density at radius 1 is 1.29 bits per heavy atom. The second-order valence-corrected chi connectivity index (χ2v) is 4.67. The Kier molecular flexibility index (Phi) is 3.71. The second kappa shape index (κ2) is 4.43. The van der Waals surface area contributed by atoms with Crippen LogP contribution in [-0.2, 0) is 5.67 Å². The van der Waals surface area contributed by atoms with E-state index >= 15 is 0 Å². The summed E-state index contributed by atoms with van der Waals surface area (Å²) in [5, 5.41) is 0.334. The van der Waals surface area contributed by atoms with E-state index in [9.17, 15) is 4.39 Å². The van der Waals surface area contributed by atoms with E-state index in [2.05, 4.69) is 29.8 Å². The standard InChI is InChI=1S/C12H16BrF/c1-9(2)10-4-6-11(7-5-10)12(3,14)8-13/h4-7,9H,8H2,1-3H3/t12-/m0/s1. The average Bonchev–Trinajstić information content (AvgIpc) is 2.18. The van der Waals surface area contributed by atoms with Crippen LogP contribution in [0, 0.1) is 0 Å². The number of alkyl halides is 2. The van der Waals surface area contributed by atoms with Gasteiger partial charge < -0.3 is 0 Å². The summed E-state index contributed by atoms with van der Waals surface area (Å²) in [6.07, 6.45) is 0. The molecule has 0 saturated carbocycles. The third-order valence-electron chi connectivity index (χ3n) is 2.43. The predicted molar refractivity (Wildman–Crippen MR) is 62.8 cm³/mol. The fraction of sp³-hybridized carbons (Fsp3) is 0.500. The smallest absolute Gasteiger partial charge is 0.142 e. The summed E-state index contributed by atoms with van der Waals surface area (Å²) in [5.74, 6) is 0.499. The number of benzene rings is 1. The molecule has 0 saturated heterocycles. The number of rotatable bonds is 3. The van der Waals surface area contributed by atoms with Crippen LogP contribution >= 0.6 is 15.9 Å². The Bertz CT molecular complexity index is 288. The van der Waals surface area contributed by atoms with Gasteiger partial charge in [-0.2, -0.15) is 0 Å². The summed E-state index contributed by atoms with van der Waals surface area (Å²) in [6, 6.07) is 7.74. The van der Waals surface area contributed by atoms with Crippen LogP contribution in [0.5, 0.6) is 0 Å². The van der Waals surface area contributed by atoms with Gasteiger partial charge in [-0.05, 0) is 24.0 Å². The van der Waals surface area contributed by atoms with Crippen molar-refractivity contribution >= 4 is 15.9 Å². The van der Waals surface area contributed by atoms with E-state index in [0.717, 1.165) is 5.56 Å². The van der Waals surface area contributed by atoms with Gasteiger partial charge >= 0.3 is 0 Å². The van der Waals surface area contributed by atoms with E-state index < -0.39 is 5.67 Å². The fourth-order valence-corrected chi connectivity index (χ4v) is 1.62. The monoisotopic (exact) mass is 258 g/mol. The third kappa shape index (κ3) is 2.57. The minimum absolute atomic E-state index is 0.334. The summed E-state index contributed by atoms with van der Waals surface area (Å²) < 4.78 is 13.8. The zero-order valence-electron chi connectivity index (χ0n) is 8.85. The number of halogens is 2. The van der Waals surface area contributed by atoms with Crippen LogP contribution in [0.4, 0.5) is 4.39 Å². The van der Waals surface area contributed by atoms with Crippen molar-refractivity contribution in [3.8, 4) is 0 Å². The van der Waals surface area contributed by atoms with Crippen molar-refractivity contribution < 1.29 is 4.39 Å². The highest BCUT2D eigenvalue weighted by Gasteiger charge is 2.23. The fourth-order valence-electron chi connectivity index (χ4n) is 1.29. The second-order valence-electron chi connectivity index (χ2n) is 4.11. The van der Waals surface area contributed by atoms with Crippen LogP contribution in [-0.4, -0.2) is 5.33 Å². The van der Waals surface area contributed by atoms with Crippen molar-refractivity contribution in [2.45, 2.75) is 32.4 Å². The predicted octanol–water partition coefficient (Wildman–Crippen LogP) is 4.39. The Morgan fingerprint density at radius 3 is 2.14 bits per heavy atom. The van der Waals surface area contributed by atoms with E-state index in [0.29, 0.717) is 11.2 Å². The quantitative estimate of drug-likeness (QED) is 0.706. The van der Waals surface area contributed by atoms with Gasteiger partial charge in [-0.1, -0.05) is 54.0 Å². The van der Waals surface area contributed by atoms with Crippen molar-refractivity contribution in [1.29, 1.82) is 0 Å². The molecule has 1 rings (SSSR count). The lowest BCUT2D eigenvalue weighted by Gasteiger charge is -2.18. The van der Waals surface area contributed by atoms with Gasteiger partial charge in [0.15, 0.2) is 0 Å². The van der Waals surface area contributed by atoms with Crippen LogP contribution in [0.3, 0.4) is 0 Å². The SMILES string of the molecule is CC(C)c1ccc([C@@](C)(F)CBr)cc1.